The van der Waals surface area contributed by atoms with Crippen molar-refractivity contribution in [3.05, 3.63) is 11.6 Å². The van der Waals surface area contributed by atoms with Crippen molar-refractivity contribution in [2.45, 2.75) is 50.5 Å². The average Bonchev–Trinajstić information content (AvgIpc) is 3.04. The summed E-state index contributed by atoms with van der Waals surface area (Å²) in [6.07, 6.45) is -0.137. The van der Waals surface area contributed by atoms with Crippen molar-refractivity contribution in [3.63, 3.8) is 0 Å². The third-order valence-electron chi connectivity index (χ3n) is 4.59. The lowest BCUT2D eigenvalue weighted by molar-refractivity contribution is -0.148. The first-order valence-electron chi connectivity index (χ1n) is 6.91. The number of fused-ring (bicyclic) bond motifs is 1. The van der Waals surface area contributed by atoms with Crippen LogP contribution >= 0.6 is 0 Å². The van der Waals surface area contributed by atoms with Crippen LogP contribution in [0.5, 0.6) is 0 Å². The molecule has 20 heavy (non-hydrogen) atoms. The number of rotatable bonds is 2. The molecule has 112 valence electrons. The highest BCUT2D eigenvalue weighted by Gasteiger charge is 2.43. The van der Waals surface area contributed by atoms with Crippen LogP contribution in [0, 0.1) is 0 Å². The molecule has 1 saturated carbocycles. The Labute approximate surface area is 114 Å². The molecule has 2 heterocycles. The van der Waals surface area contributed by atoms with E-state index in [4.69, 9.17) is 5.73 Å². The smallest absolute Gasteiger partial charge is 0.329 e. The Bertz CT molecular complexity index is 490. The molecule has 8 heteroatoms. The summed E-state index contributed by atoms with van der Waals surface area (Å²) in [6, 6.07) is 0. The number of halogens is 3. The zero-order chi connectivity index (χ0) is 14.4. The van der Waals surface area contributed by atoms with E-state index in [0.29, 0.717) is 25.5 Å². The molecule has 5 nitrogen and oxygen atoms in total. The number of nitrogens with zero attached hydrogens (tertiary/aromatic N) is 4. The van der Waals surface area contributed by atoms with E-state index in [2.05, 4.69) is 15.1 Å². The Morgan fingerprint density at radius 1 is 1.15 bits per heavy atom. The molecular formula is C12H18F3N5. The van der Waals surface area contributed by atoms with Crippen LogP contribution < -0.4 is 5.73 Å². The normalized spacial score (nSPS) is 23.0. The van der Waals surface area contributed by atoms with Crippen LogP contribution in [-0.2, 0) is 19.3 Å². The molecule has 0 saturated heterocycles. The molecule has 1 aliphatic heterocycles. The van der Waals surface area contributed by atoms with Crippen LogP contribution in [0.2, 0.25) is 0 Å². The third kappa shape index (κ3) is 2.10. The van der Waals surface area contributed by atoms with Gasteiger partial charge in [0.2, 0.25) is 5.82 Å². The van der Waals surface area contributed by atoms with Crippen molar-refractivity contribution in [2.75, 3.05) is 13.1 Å². The average molecular weight is 289 g/mol. The number of alkyl halides is 3. The van der Waals surface area contributed by atoms with Gasteiger partial charge in [-0.05, 0) is 12.8 Å². The molecule has 1 fully saturated rings. The highest BCUT2D eigenvalue weighted by atomic mass is 19.4. The quantitative estimate of drug-likeness (QED) is 0.893. The molecule has 2 aliphatic rings. The van der Waals surface area contributed by atoms with Crippen molar-refractivity contribution in [3.8, 4) is 0 Å². The van der Waals surface area contributed by atoms with Crippen LogP contribution in [0.1, 0.15) is 37.3 Å². The van der Waals surface area contributed by atoms with Gasteiger partial charge < -0.3 is 10.3 Å². The first kappa shape index (κ1) is 13.8. The molecule has 0 unspecified atom stereocenters. The Kier molecular flexibility index (Phi) is 3.24. The summed E-state index contributed by atoms with van der Waals surface area (Å²) < 4.78 is 39.6. The second-order valence-electron chi connectivity index (χ2n) is 5.65. The molecule has 3 rings (SSSR count). The van der Waals surface area contributed by atoms with Crippen LogP contribution in [0.25, 0.3) is 0 Å². The van der Waals surface area contributed by atoms with E-state index in [1.165, 1.54) is 4.57 Å². The van der Waals surface area contributed by atoms with Gasteiger partial charge in [0.15, 0.2) is 0 Å². The predicted octanol–water partition coefficient (Wildman–Crippen LogP) is 1.38. The SMILES string of the molecule is NCC1(N2CCn3c(nnc3C(F)(F)F)C2)CCCC1. The van der Waals surface area contributed by atoms with Crippen LogP contribution in [0.4, 0.5) is 13.2 Å². The van der Waals surface area contributed by atoms with Crippen LogP contribution in [0.15, 0.2) is 0 Å². The van der Waals surface area contributed by atoms with Crippen molar-refractivity contribution in [1.29, 1.82) is 0 Å². The lowest BCUT2D eigenvalue weighted by Gasteiger charge is -2.42. The molecule has 0 bridgehead atoms. The first-order chi connectivity index (χ1) is 9.46. The molecule has 1 aromatic heterocycles. The van der Waals surface area contributed by atoms with Crippen molar-refractivity contribution < 1.29 is 13.2 Å². The predicted molar refractivity (Wildman–Crippen MR) is 65.7 cm³/mol. The monoisotopic (exact) mass is 289 g/mol. The van der Waals surface area contributed by atoms with Crippen LogP contribution in [-0.4, -0.2) is 38.3 Å². The van der Waals surface area contributed by atoms with Gasteiger partial charge in [0.05, 0.1) is 6.54 Å². The van der Waals surface area contributed by atoms with Gasteiger partial charge in [-0.3, -0.25) is 4.90 Å². The fourth-order valence-electron chi connectivity index (χ4n) is 3.45. The Balaban J connectivity index is 1.85. The van der Waals surface area contributed by atoms with Gasteiger partial charge >= 0.3 is 6.18 Å². The minimum atomic E-state index is -4.44. The van der Waals surface area contributed by atoms with Gasteiger partial charge in [-0.25, -0.2) is 0 Å². The molecule has 0 aromatic carbocycles. The summed E-state index contributed by atoms with van der Waals surface area (Å²) in [6.45, 7) is 1.80. The summed E-state index contributed by atoms with van der Waals surface area (Å²) >= 11 is 0. The van der Waals surface area contributed by atoms with Gasteiger partial charge in [-0.2, -0.15) is 13.2 Å². The van der Waals surface area contributed by atoms with E-state index >= 15 is 0 Å². The molecule has 0 amide bonds. The zero-order valence-corrected chi connectivity index (χ0v) is 11.2. The Hall–Kier alpha value is -1.15. The van der Waals surface area contributed by atoms with E-state index in [0.717, 1.165) is 25.7 Å². The summed E-state index contributed by atoms with van der Waals surface area (Å²) in [5.41, 5.74) is 5.87. The number of hydrogen-bond acceptors (Lipinski definition) is 4. The van der Waals surface area contributed by atoms with E-state index in [1.54, 1.807) is 0 Å². The van der Waals surface area contributed by atoms with Gasteiger partial charge in [-0.1, -0.05) is 12.8 Å². The second kappa shape index (κ2) is 4.70. The molecule has 2 N–H and O–H groups in total. The third-order valence-corrected chi connectivity index (χ3v) is 4.59. The van der Waals surface area contributed by atoms with E-state index < -0.39 is 12.0 Å². The van der Waals surface area contributed by atoms with Gasteiger partial charge in [0, 0.05) is 25.2 Å². The summed E-state index contributed by atoms with van der Waals surface area (Å²) in [4.78, 5) is 2.20. The second-order valence-corrected chi connectivity index (χ2v) is 5.65. The molecule has 0 radical (unpaired) electrons. The van der Waals surface area contributed by atoms with Crippen molar-refractivity contribution in [1.82, 2.24) is 19.7 Å². The maximum atomic E-state index is 12.8. The maximum Gasteiger partial charge on any atom is 0.451 e. The molecule has 0 atom stereocenters. The Morgan fingerprint density at radius 2 is 1.85 bits per heavy atom. The fraction of sp³-hybridized carbons (Fsp3) is 0.833. The maximum absolute atomic E-state index is 12.8. The lowest BCUT2D eigenvalue weighted by Crippen LogP contribution is -2.54. The summed E-state index contributed by atoms with van der Waals surface area (Å²) in [7, 11) is 0. The molecule has 1 aromatic rings. The fourth-order valence-corrected chi connectivity index (χ4v) is 3.45. The highest BCUT2D eigenvalue weighted by Crippen LogP contribution is 2.37. The van der Waals surface area contributed by atoms with Crippen molar-refractivity contribution in [2.24, 2.45) is 5.73 Å². The first-order valence-corrected chi connectivity index (χ1v) is 6.91. The topological polar surface area (TPSA) is 60.0 Å². The number of nitrogens with two attached hydrogens (primary N) is 1. The van der Waals surface area contributed by atoms with Crippen LogP contribution in [0.3, 0.4) is 0 Å². The number of aromatic nitrogens is 3. The van der Waals surface area contributed by atoms with Crippen molar-refractivity contribution >= 4 is 0 Å². The summed E-state index contributed by atoms with van der Waals surface area (Å²) in [5, 5.41) is 7.03. The zero-order valence-electron chi connectivity index (χ0n) is 11.2. The van der Waals surface area contributed by atoms with Gasteiger partial charge in [-0.15, -0.1) is 10.2 Å². The highest BCUT2D eigenvalue weighted by molar-refractivity contribution is 5.06. The standard InChI is InChI=1S/C12H18F3N5/c13-12(14,15)10-18-17-9-7-19(5-6-20(9)10)11(8-16)3-1-2-4-11/h1-8,16H2. The molecule has 0 spiro atoms. The van der Waals surface area contributed by atoms with E-state index in [1.807, 2.05) is 0 Å². The Morgan fingerprint density at radius 3 is 2.45 bits per heavy atom. The minimum Gasteiger partial charge on any atom is -0.329 e. The number of hydrogen-bond donors (Lipinski definition) is 1. The molecule has 1 aliphatic carbocycles. The van der Waals surface area contributed by atoms with Gasteiger partial charge in [0.25, 0.3) is 0 Å². The van der Waals surface area contributed by atoms with Gasteiger partial charge in [0.1, 0.15) is 5.82 Å². The lowest BCUT2D eigenvalue weighted by atomic mass is 9.94. The molecular weight excluding hydrogens is 271 g/mol. The minimum absolute atomic E-state index is 0.0599. The summed E-state index contributed by atoms with van der Waals surface area (Å²) in [5.74, 6) is -0.497. The van der Waals surface area contributed by atoms with E-state index in [-0.39, 0.29) is 12.1 Å². The largest absolute Gasteiger partial charge is 0.451 e. The van der Waals surface area contributed by atoms with E-state index in [9.17, 15) is 13.2 Å².